The number of hydrogen-bond acceptors (Lipinski definition) is 7. The maximum absolute atomic E-state index is 5.96. The number of nitrogens with zero attached hydrogens (tertiary/aromatic N) is 4. The number of hydrogen-bond donors (Lipinski definition) is 3. The molecule has 2 heterocycles. The van der Waals surface area contributed by atoms with E-state index < -0.39 is 0 Å². The molecule has 0 saturated carbocycles. The van der Waals surface area contributed by atoms with Crippen molar-refractivity contribution >= 4 is 11.5 Å². The van der Waals surface area contributed by atoms with Gasteiger partial charge in [-0.3, -0.25) is 5.10 Å². The second-order valence-corrected chi connectivity index (χ2v) is 4.25. The molecule has 0 aliphatic heterocycles. The topological polar surface area (TPSA) is 115 Å². The fourth-order valence-electron chi connectivity index (χ4n) is 1.65. The van der Waals surface area contributed by atoms with Gasteiger partial charge in [0, 0.05) is 13.0 Å². The van der Waals surface area contributed by atoms with Crippen LogP contribution in [0.1, 0.15) is 25.6 Å². The normalized spacial score (nSPS) is 10.4. The van der Waals surface area contributed by atoms with E-state index >= 15 is 0 Å². The van der Waals surface area contributed by atoms with Gasteiger partial charge in [-0.05, 0) is 12.8 Å². The van der Waals surface area contributed by atoms with Crippen molar-refractivity contribution in [3.63, 3.8) is 0 Å². The summed E-state index contributed by atoms with van der Waals surface area (Å²) in [6, 6.07) is 0. The van der Waals surface area contributed by atoms with Gasteiger partial charge in [0.1, 0.15) is 24.2 Å². The van der Waals surface area contributed by atoms with Gasteiger partial charge in [-0.2, -0.15) is 10.1 Å². The van der Waals surface area contributed by atoms with E-state index in [-0.39, 0.29) is 0 Å². The lowest BCUT2D eigenvalue weighted by molar-refractivity contribution is 0.306. The van der Waals surface area contributed by atoms with Crippen molar-refractivity contribution in [3.8, 4) is 5.88 Å². The predicted molar refractivity (Wildman–Crippen MR) is 75.4 cm³/mol. The summed E-state index contributed by atoms with van der Waals surface area (Å²) in [5.74, 6) is 1.90. The summed E-state index contributed by atoms with van der Waals surface area (Å²) in [5.41, 5.74) is 6.40. The van der Waals surface area contributed by atoms with Crippen LogP contribution in [0.5, 0.6) is 5.88 Å². The van der Waals surface area contributed by atoms with Crippen LogP contribution in [-0.2, 0) is 6.42 Å². The first-order valence-electron chi connectivity index (χ1n) is 6.62. The van der Waals surface area contributed by atoms with Gasteiger partial charge in [0.05, 0.1) is 6.61 Å². The molecule has 0 saturated heterocycles. The highest BCUT2D eigenvalue weighted by Gasteiger charge is 2.08. The number of nitrogen functional groups attached to an aromatic ring is 1. The molecule has 0 aliphatic rings. The molecule has 0 radical (unpaired) electrons. The zero-order chi connectivity index (χ0) is 14.2. The van der Waals surface area contributed by atoms with Crippen LogP contribution in [0.3, 0.4) is 0 Å². The summed E-state index contributed by atoms with van der Waals surface area (Å²) < 4.78 is 5.45. The first-order chi connectivity index (χ1) is 9.81. The lowest BCUT2D eigenvalue weighted by Crippen LogP contribution is -2.10. The van der Waals surface area contributed by atoms with Crippen LogP contribution >= 0.6 is 0 Å². The monoisotopic (exact) mass is 277 g/mol. The van der Waals surface area contributed by atoms with Crippen LogP contribution in [0.25, 0.3) is 0 Å². The Morgan fingerprint density at radius 3 is 2.95 bits per heavy atom. The minimum atomic E-state index is 0.430. The van der Waals surface area contributed by atoms with Gasteiger partial charge < -0.3 is 15.8 Å². The van der Waals surface area contributed by atoms with E-state index in [1.54, 1.807) is 0 Å². The molecule has 2 rings (SSSR count). The smallest absolute Gasteiger partial charge is 0.242 e. The molecule has 2 aromatic rings. The lowest BCUT2D eigenvalue weighted by atomic mass is 10.3. The first-order valence-corrected chi connectivity index (χ1v) is 6.62. The Kier molecular flexibility index (Phi) is 5.10. The molecule has 0 spiro atoms. The summed E-state index contributed by atoms with van der Waals surface area (Å²) >= 11 is 0. The van der Waals surface area contributed by atoms with E-state index in [9.17, 15) is 0 Å². The predicted octanol–water partition coefficient (Wildman–Crippen LogP) is 1.01. The number of ether oxygens (including phenoxy) is 1. The van der Waals surface area contributed by atoms with Crippen molar-refractivity contribution in [2.75, 3.05) is 24.2 Å². The van der Waals surface area contributed by atoms with Crippen molar-refractivity contribution in [1.29, 1.82) is 0 Å². The Morgan fingerprint density at radius 1 is 1.30 bits per heavy atom. The second kappa shape index (κ2) is 7.27. The quantitative estimate of drug-likeness (QED) is 0.617. The molecule has 0 aromatic carbocycles. The van der Waals surface area contributed by atoms with Crippen LogP contribution < -0.4 is 15.8 Å². The average Bonchev–Trinajstić information content (AvgIpc) is 2.97. The number of aryl methyl sites for hydroxylation is 1. The molecule has 20 heavy (non-hydrogen) atoms. The summed E-state index contributed by atoms with van der Waals surface area (Å²) in [6.45, 7) is 3.35. The molecule has 0 amide bonds. The van der Waals surface area contributed by atoms with Gasteiger partial charge >= 0.3 is 0 Å². The number of nitrogens with one attached hydrogen (secondary N) is 2. The number of H-pyrrole nitrogens is 1. The molecule has 108 valence electrons. The third-order valence-electron chi connectivity index (χ3n) is 2.64. The minimum absolute atomic E-state index is 0.430. The number of nitrogens with two attached hydrogens (primary N) is 1. The molecule has 0 atom stereocenters. The third-order valence-corrected chi connectivity index (χ3v) is 2.64. The van der Waals surface area contributed by atoms with E-state index in [0.717, 1.165) is 31.6 Å². The molecule has 0 fully saturated rings. The van der Waals surface area contributed by atoms with Crippen LogP contribution in [-0.4, -0.2) is 38.3 Å². The Balaban J connectivity index is 1.82. The summed E-state index contributed by atoms with van der Waals surface area (Å²) in [5, 5.41) is 9.79. The largest absolute Gasteiger partial charge is 0.476 e. The highest BCUT2D eigenvalue weighted by molar-refractivity contribution is 5.66. The van der Waals surface area contributed by atoms with E-state index in [4.69, 9.17) is 10.5 Å². The van der Waals surface area contributed by atoms with Gasteiger partial charge in [0.2, 0.25) is 5.88 Å². The maximum Gasteiger partial charge on any atom is 0.242 e. The van der Waals surface area contributed by atoms with Crippen molar-refractivity contribution in [2.45, 2.75) is 26.2 Å². The molecule has 8 heteroatoms. The Hall–Kier alpha value is -2.38. The molecule has 4 N–H and O–H groups in total. The first kappa shape index (κ1) is 14.0. The highest BCUT2D eigenvalue weighted by Crippen LogP contribution is 2.24. The van der Waals surface area contributed by atoms with E-state index in [1.807, 2.05) is 6.92 Å². The molecule has 0 aliphatic carbocycles. The van der Waals surface area contributed by atoms with Crippen LogP contribution in [0.2, 0.25) is 0 Å². The molecule has 0 unspecified atom stereocenters. The zero-order valence-electron chi connectivity index (χ0n) is 11.5. The van der Waals surface area contributed by atoms with E-state index in [1.165, 1.54) is 12.7 Å². The van der Waals surface area contributed by atoms with Gasteiger partial charge in [0.25, 0.3) is 0 Å². The van der Waals surface area contributed by atoms with Gasteiger partial charge in [-0.15, -0.1) is 0 Å². The van der Waals surface area contributed by atoms with Crippen LogP contribution in [0.15, 0.2) is 12.7 Å². The fraction of sp³-hybridized carbons (Fsp3) is 0.500. The zero-order valence-corrected chi connectivity index (χ0v) is 11.5. The van der Waals surface area contributed by atoms with Gasteiger partial charge in [-0.25, -0.2) is 9.97 Å². The van der Waals surface area contributed by atoms with E-state index in [0.29, 0.717) is 24.0 Å². The Labute approximate surface area is 117 Å². The SMILES string of the molecule is CCCOc1ncnc(NCCCc2ncn[nH]2)c1N. The second-order valence-electron chi connectivity index (χ2n) is 4.25. The van der Waals surface area contributed by atoms with Crippen LogP contribution in [0.4, 0.5) is 11.5 Å². The van der Waals surface area contributed by atoms with Gasteiger partial charge in [-0.1, -0.05) is 6.92 Å². The summed E-state index contributed by atoms with van der Waals surface area (Å²) in [6.07, 6.45) is 5.56. The average molecular weight is 277 g/mol. The summed E-state index contributed by atoms with van der Waals surface area (Å²) in [4.78, 5) is 12.2. The number of aromatic amines is 1. The molecule has 2 aromatic heterocycles. The van der Waals surface area contributed by atoms with Gasteiger partial charge in [0.15, 0.2) is 5.82 Å². The Morgan fingerprint density at radius 2 is 2.20 bits per heavy atom. The molecule has 0 bridgehead atoms. The molecule has 8 nitrogen and oxygen atoms in total. The number of aromatic nitrogens is 5. The highest BCUT2D eigenvalue weighted by atomic mass is 16.5. The minimum Gasteiger partial charge on any atom is -0.476 e. The lowest BCUT2D eigenvalue weighted by Gasteiger charge is -2.11. The third kappa shape index (κ3) is 3.81. The van der Waals surface area contributed by atoms with Crippen molar-refractivity contribution < 1.29 is 4.74 Å². The number of anilines is 2. The van der Waals surface area contributed by atoms with Crippen molar-refractivity contribution in [2.24, 2.45) is 0 Å². The van der Waals surface area contributed by atoms with E-state index in [2.05, 4.69) is 30.5 Å². The maximum atomic E-state index is 5.96. The number of rotatable bonds is 8. The standard InChI is InChI=1S/C12H19N7O/c1-2-6-20-12-10(13)11(16-7-17-12)14-5-3-4-9-15-8-18-19-9/h7-8H,2-6,13H2,1H3,(H,14,16,17)(H,15,18,19). The summed E-state index contributed by atoms with van der Waals surface area (Å²) in [7, 11) is 0. The van der Waals surface area contributed by atoms with Crippen LogP contribution in [0, 0.1) is 0 Å². The molecular formula is C12H19N7O. The van der Waals surface area contributed by atoms with Crippen molar-refractivity contribution in [1.82, 2.24) is 25.1 Å². The van der Waals surface area contributed by atoms with Crippen molar-refractivity contribution in [3.05, 3.63) is 18.5 Å². The Bertz CT molecular complexity index is 515. The fourth-order valence-corrected chi connectivity index (χ4v) is 1.65. The molecular weight excluding hydrogens is 258 g/mol.